The minimum absolute atomic E-state index is 0.166. The second-order valence-electron chi connectivity index (χ2n) is 5.64. The normalized spacial score (nSPS) is 15.5. The number of rotatable bonds is 3. The highest BCUT2D eigenvalue weighted by atomic mass is 16.2. The van der Waals surface area contributed by atoms with Gasteiger partial charge in [0.05, 0.1) is 6.20 Å². The zero-order chi connectivity index (χ0) is 17.4. The first-order valence-electron chi connectivity index (χ1n) is 7.60. The summed E-state index contributed by atoms with van der Waals surface area (Å²) in [4.78, 5) is 27.4. The number of nitrogens with zero attached hydrogens (tertiary/aromatic N) is 3. The zero-order valence-electron chi connectivity index (χ0n) is 13.3. The molecule has 4 rings (SSSR count). The highest BCUT2D eigenvalue weighted by Crippen LogP contribution is 2.19. The molecule has 8 nitrogen and oxygen atoms in total. The SMILES string of the molecule is Cc1cccc(Nc2ccn3ncc(/C=C4/NC(=O)NC4=O)c3n2)c1. The Kier molecular flexibility index (Phi) is 3.42. The van der Waals surface area contributed by atoms with Crippen molar-refractivity contribution in [3.63, 3.8) is 0 Å². The van der Waals surface area contributed by atoms with Crippen molar-refractivity contribution in [1.82, 2.24) is 25.2 Å². The third kappa shape index (κ3) is 2.92. The Morgan fingerprint density at radius 3 is 2.84 bits per heavy atom. The smallest absolute Gasteiger partial charge is 0.326 e. The minimum Gasteiger partial charge on any atom is -0.340 e. The van der Waals surface area contributed by atoms with Crippen LogP contribution < -0.4 is 16.0 Å². The molecule has 0 radical (unpaired) electrons. The number of imide groups is 1. The molecule has 3 N–H and O–H groups in total. The van der Waals surface area contributed by atoms with Gasteiger partial charge in [-0.25, -0.2) is 14.3 Å². The number of carbonyl (C=O) groups excluding carboxylic acids is 2. The van der Waals surface area contributed by atoms with Crippen LogP contribution in [0.5, 0.6) is 0 Å². The largest absolute Gasteiger partial charge is 0.340 e. The summed E-state index contributed by atoms with van der Waals surface area (Å²) in [6.07, 6.45) is 4.91. The molecule has 0 atom stereocenters. The van der Waals surface area contributed by atoms with Crippen LogP contribution in [0.4, 0.5) is 16.3 Å². The maximum Gasteiger partial charge on any atom is 0.326 e. The van der Waals surface area contributed by atoms with E-state index in [0.29, 0.717) is 17.0 Å². The molecule has 0 unspecified atom stereocenters. The van der Waals surface area contributed by atoms with Gasteiger partial charge >= 0.3 is 6.03 Å². The molecule has 25 heavy (non-hydrogen) atoms. The van der Waals surface area contributed by atoms with Gasteiger partial charge in [0.25, 0.3) is 5.91 Å². The van der Waals surface area contributed by atoms with Crippen LogP contribution in [0.1, 0.15) is 11.1 Å². The molecule has 0 bridgehead atoms. The van der Waals surface area contributed by atoms with E-state index >= 15 is 0 Å². The summed E-state index contributed by atoms with van der Waals surface area (Å²) >= 11 is 0. The lowest BCUT2D eigenvalue weighted by atomic mass is 10.2. The minimum atomic E-state index is -0.539. The molecule has 1 aliphatic rings. The van der Waals surface area contributed by atoms with E-state index in [2.05, 4.69) is 26.0 Å². The van der Waals surface area contributed by atoms with Crippen LogP contribution in [0.25, 0.3) is 11.7 Å². The molecule has 1 saturated heterocycles. The van der Waals surface area contributed by atoms with Crippen molar-refractivity contribution >= 4 is 35.2 Å². The number of anilines is 2. The molecule has 3 aromatic rings. The number of fused-ring (bicyclic) bond motifs is 1. The van der Waals surface area contributed by atoms with Crippen molar-refractivity contribution in [2.75, 3.05) is 5.32 Å². The van der Waals surface area contributed by atoms with Crippen LogP contribution in [0.15, 0.2) is 48.4 Å². The van der Waals surface area contributed by atoms with Gasteiger partial charge < -0.3 is 10.6 Å². The zero-order valence-corrected chi connectivity index (χ0v) is 13.3. The van der Waals surface area contributed by atoms with Crippen molar-refractivity contribution in [3.8, 4) is 0 Å². The molecular weight excluding hydrogens is 320 g/mol. The molecule has 0 aliphatic carbocycles. The molecule has 3 heterocycles. The van der Waals surface area contributed by atoms with Crippen molar-refractivity contribution in [2.24, 2.45) is 0 Å². The van der Waals surface area contributed by atoms with Gasteiger partial charge in [-0.1, -0.05) is 12.1 Å². The number of urea groups is 1. The fourth-order valence-corrected chi connectivity index (χ4v) is 2.57. The highest BCUT2D eigenvalue weighted by Gasteiger charge is 2.23. The van der Waals surface area contributed by atoms with E-state index in [1.807, 2.05) is 37.3 Å². The molecule has 1 aliphatic heterocycles. The van der Waals surface area contributed by atoms with Gasteiger partial charge in [0.15, 0.2) is 5.65 Å². The summed E-state index contributed by atoms with van der Waals surface area (Å²) in [5, 5.41) is 12.1. The number of aromatic nitrogens is 3. The number of aryl methyl sites for hydroxylation is 1. The van der Waals surface area contributed by atoms with E-state index in [9.17, 15) is 9.59 Å². The van der Waals surface area contributed by atoms with Crippen LogP contribution in [-0.2, 0) is 4.79 Å². The topological polar surface area (TPSA) is 100 Å². The van der Waals surface area contributed by atoms with Crippen LogP contribution >= 0.6 is 0 Å². The van der Waals surface area contributed by atoms with E-state index in [0.717, 1.165) is 11.3 Å². The molecule has 0 spiro atoms. The van der Waals surface area contributed by atoms with Crippen LogP contribution in [-0.4, -0.2) is 26.5 Å². The molecule has 2 aromatic heterocycles. The molecular formula is C17H14N6O2. The van der Waals surface area contributed by atoms with E-state index < -0.39 is 11.9 Å². The van der Waals surface area contributed by atoms with Crippen LogP contribution in [0.3, 0.4) is 0 Å². The summed E-state index contributed by atoms with van der Waals surface area (Å²) in [7, 11) is 0. The predicted molar refractivity (Wildman–Crippen MR) is 92.1 cm³/mol. The molecule has 124 valence electrons. The monoisotopic (exact) mass is 334 g/mol. The third-order valence-electron chi connectivity index (χ3n) is 3.71. The van der Waals surface area contributed by atoms with Crippen LogP contribution in [0, 0.1) is 6.92 Å². The highest BCUT2D eigenvalue weighted by molar-refractivity contribution is 6.14. The first kappa shape index (κ1) is 14.9. The maximum absolute atomic E-state index is 11.7. The summed E-state index contributed by atoms with van der Waals surface area (Å²) < 4.78 is 1.60. The summed E-state index contributed by atoms with van der Waals surface area (Å²) in [5.41, 5.74) is 3.43. The third-order valence-corrected chi connectivity index (χ3v) is 3.71. The quantitative estimate of drug-likeness (QED) is 0.502. The fourth-order valence-electron chi connectivity index (χ4n) is 2.57. The molecule has 3 amide bonds. The van der Waals surface area contributed by atoms with Gasteiger partial charge in [0.1, 0.15) is 11.5 Å². The maximum atomic E-state index is 11.7. The predicted octanol–water partition coefficient (Wildman–Crippen LogP) is 1.96. The van der Waals surface area contributed by atoms with Gasteiger partial charge in [-0.2, -0.15) is 5.10 Å². The van der Waals surface area contributed by atoms with Gasteiger partial charge in [-0.15, -0.1) is 0 Å². The van der Waals surface area contributed by atoms with Gasteiger partial charge in [0.2, 0.25) is 0 Å². The average molecular weight is 334 g/mol. The standard InChI is InChI=1S/C17H14N6O2/c1-10-3-2-4-12(7-10)19-14-5-6-23-15(21-14)11(9-18-23)8-13-16(24)22-17(25)20-13/h2-9H,1H3,(H,19,21)(H2,20,22,24,25)/b13-8+. The number of hydrogen-bond acceptors (Lipinski definition) is 5. The second-order valence-corrected chi connectivity index (χ2v) is 5.64. The number of carbonyl (C=O) groups is 2. The molecule has 1 fully saturated rings. The van der Waals surface area contributed by atoms with E-state index in [4.69, 9.17) is 0 Å². The number of nitrogens with one attached hydrogen (secondary N) is 3. The Morgan fingerprint density at radius 2 is 2.08 bits per heavy atom. The first-order chi connectivity index (χ1) is 12.1. The Hall–Kier alpha value is -3.68. The number of hydrogen-bond donors (Lipinski definition) is 3. The fraction of sp³-hybridized carbons (Fsp3) is 0.0588. The van der Waals surface area contributed by atoms with Gasteiger partial charge in [0, 0.05) is 17.4 Å². The number of amides is 3. The van der Waals surface area contributed by atoms with Crippen molar-refractivity contribution < 1.29 is 9.59 Å². The van der Waals surface area contributed by atoms with Crippen molar-refractivity contribution in [1.29, 1.82) is 0 Å². The summed E-state index contributed by atoms with van der Waals surface area (Å²) in [6, 6.07) is 9.22. The molecule has 1 aromatic carbocycles. The Morgan fingerprint density at radius 1 is 1.20 bits per heavy atom. The lowest BCUT2D eigenvalue weighted by molar-refractivity contribution is -0.115. The second kappa shape index (κ2) is 5.75. The Bertz CT molecular complexity index is 1040. The summed E-state index contributed by atoms with van der Waals surface area (Å²) in [5.74, 6) is 0.177. The van der Waals surface area contributed by atoms with Gasteiger partial charge in [-0.05, 0) is 36.8 Å². The van der Waals surface area contributed by atoms with E-state index in [-0.39, 0.29) is 5.70 Å². The first-order valence-corrected chi connectivity index (χ1v) is 7.60. The number of benzene rings is 1. The lowest BCUT2D eigenvalue weighted by Gasteiger charge is -2.06. The Balaban J connectivity index is 1.69. The average Bonchev–Trinajstić information content (AvgIpc) is 3.11. The van der Waals surface area contributed by atoms with E-state index in [1.165, 1.54) is 0 Å². The molecule has 0 saturated carbocycles. The van der Waals surface area contributed by atoms with E-state index in [1.54, 1.807) is 23.0 Å². The van der Waals surface area contributed by atoms with Crippen LogP contribution in [0.2, 0.25) is 0 Å². The molecule has 8 heteroatoms. The van der Waals surface area contributed by atoms with Crippen molar-refractivity contribution in [2.45, 2.75) is 6.92 Å². The summed E-state index contributed by atoms with van der Waals surface area (Å²) in [6.45, 7) is 2.02. The Labute approximate surface area is 142 Å². The van der Waals surface area contributed by atoms with Gasteiger partial charge in [-0.3, -0.25) is 10.1 Å². The van der Waals surface area contributed by atoms with Crippen molar-refractivity contribution in [3.05, 3.63) is 59.5 Å². The lowest BCUT2D eigenvalue weighted by Crippen LogP contribution is -2.22.